The highest BCUT2D eigenvalue weighted by Gasteiger charge is 2.35. The van der Waals surface area contributed by atoms with E-state index in [1.165, 1.54) is 7.11 Å². The summed E-state index contributed by atoms with van der Waals surface area (Å²) in [6.45, 7) is 6.12. The summed E-state index contributed by atoms with van der Waals surface area (Å²) in [6.07, 6.45) is 4.59. The molecule has 0 aromatic heterocycles. The van der Waals surface area contributed by atoms with E-state index >= 15 is 0 Å². The highest BCUT2D eigenvalue weighted by atomic mass is 16.5. The Labute approximate surface area is 143 Å². The van der Waals surface area contributed by atoms with E-state index in [-0.39, 0.29) is 11.9 Å². The van der Waals surface area contributed by atoms with Crippen molar-refractivity contribution >= 4 is 17.6 Å². The molecule has 1 amide bonds. The van der Waals surface area contributed by atoms with Gasteiger partial charge in [0.25, 0.3) is 5.91 Å². The average molecular weight is 333 g/mol. The molecule has 1 aliphatic heterocycles. The number of benzene rings is 1. The summed E-state index contributed by atoms with van der Waals surface area (Å²) in [6, 6.07) is 5.12. The fourth-order valence-electron chi connectivity index (χ4n) is 3.00. The van der Waals surface area contributed by atoms with E-state index in [0.29, 0.717) is 23.4 Å². The molecule has 0 saturated heterocycles. The molecule has 0 bridgehead atoms. The van der Waals surface area contributed by atoms with Gasteiger partial charge in [0.1, 0.15) is 5.75 Å². The number of ether oxygens (including phenoxy) is 2. The van der Waals surface area contributed by atoms with E-state index in [1.54, 1.807) is 23.1 Å². The second-order valence-electron chi connectivity index (χ2n) is 6.43. The molecule has 5 heteroatoms. The topological polar surface area (TPSA) is 55.8 Å². The zero-order valence-corrected chi connectivity index (χ0v) is 15.0. The number of amides is 1. The molecule has 0 aliphatic carbocycles. The summed E-state index contributed by atoms with van der Waals surface area (Å²) in [7, 11) is 1.35. The van der Waals surface area contributed by atoms with Crippen molar-refractivity contribution in [3.05, 3.63) is 23.8 Å². The lowest BCUT2D eigenvalue weighted by molar-refractivity contribution is -0.127. The zero-order valence-electron chi connectivity index (χ0n) is 15.0. The van der Waals surface area contributed by atoms with Gasteiger partial charge in [-0.3, -0.25) is 4.79 Å². The number of esters is 1. The van der Waals surface area contributed by atoms with Crippen LogP contribution in [0.3, 0.4) is 0 Å². The molecule has 132 valence electrons. The largest absolute Gasteiger partial charge is 0.478 e. The third-order valence-corrected chi connectivity index (χ3v) is 4.26. The Balaban J connectivity index is 2.26. The van der Waals surface area contributed by atoms with Crippen LogP contribution < -0.4 is 9.64 Å². The number of anilines is 1. The molecule has 1 aromatic rings. The number of unbranched alkanes of at least 4 members (excludes halogenated alkanes) is 3. The highest BCUT2D eigenvalue weighted by Crippen LogP contribution is 2.37. The van der Waals surface area contributed by atoms with Crippen molar-refractivity contribution < 1.29 is 19.1 Å². The molecule has 1 heterocycles. The number of hydrogen-bond donors (Lipinski definition) is 0. The second kappa shape index (κ2) is 8.18. The summed E-state index contributed by atoms with van der Waals surface area (Å²) in [5.41, 5.74) is 1.14. The summed E-state index contributed by atoms with van der Waals surface area (Å²) in [5, 5.41) is 0. The maximum Gasteiger partial charge on any atom is 0.337 e. The summed E-state index contributed by atoms with van der Waals surface area (Å²) < 4.78 is 10.7. The lowest BCUT2D eigenvalue weighted by Crippen LogP contribution is -2.49. The van der Waals surface area contributed by atoms with E-state index in [0.717, 1.165) is 25.7 Å². The Morgan fingerprint density at radius 2 is 2.04 bits per heavy atom. The number of hydrogen-bond acceptors (Lipinski definition) is 4. The van der Waals surface area contributed by atoms with E-state index in [4.69, 9.17) is 9.47 Å². The van der Waals surface area contributed by atoms with Crippen LogP contribution in [0.1, 0.15) is 63.2 Å². The van der Waals surface area contributed by atoms with Gasteiger partial charge in [-0.2, -0.15) is 0 Å². The van der Waals surface area contributed by atoms with E-state index in [2.05, 4.69) is 6.92 Å². The maximum absolute atomic E-state index is 12.8. The molecule has 2 rings (SSSR count). The van der Waals surface area contributed by atoms with Gasteiger partial charge in [-0.25, -0.2) is 4.79 Å². The molecule has 0 N–H and O–H groups in total. The third-order valence-electron chi connectivity index (χ3n) is 4.26. The van der Waals surface area contributed by atoms with Gasteiger partial charge in [-0.05, 0) is 44.9 Å². The predicted octanol–water partition coefficient (Wildman–Crippen LogP) is 3.95. The fourth-order valence-corrected chi connectivity index (χ4v) is 3.00. The number of fused-ring (bicyclic) bond motifs is 1. The molecule has 1 aliphatic rings. The molecule has 5 nitrogen and oxygen atoms in total. The Hall–Kier alpha value is -2.04. The molecule has 0 fully saturated rings. The van der Waals surface area contributed by atoms with Crippen LogP contribution in [-0.4, -0.2) is 31.1 Å². The van der Waals surface area contributed by atoms with Gasteiger partial charge in [-0.1, -0.05) is 26.2 Å². The van der Waals surface area contributed by atoms with Crippen molar-refractivity contribution in [1.29, 1.82) is 0 Å². The lowest BCUT2D eigenvalue weighted by atomic mass is 10.0. The molecule has 1 atom stereocenters. The van der Waals surface area contributed by atoms with Crippen LogP contribution in [0.25, 0.3) is 0 Å². The van der Waals surface area contributed by atoms with Gasteiger partial charge in [0.05, 0.1) is 18.4 Å². The summed E-state index contributed by atoms with van der Waals surface area (Å²) in [5.74, 6) is 0.167. The molecule has 24 heavy (non-hydrogen) atoms. The van der Waals surface area contributed by atoms with Crippen LogP contribution in [0.4, 0.5) is 5.69 Å². The zero-order chi connectivity index (χ0) is 17.7. The van der Waals surface area contributed by atoms with Crippen molar-refractivity contribution in [2.45, 2.75) is 65.0 Å². The predicted molar refractivity (Wildman–Crippen MR) is 93.6 cm³/mol. The minimum absolute atomic E-state index is 0.000170. The molecule has 1 aromatic carbocycles. The van der Waals surface area contributed by atoms with Gasteiger partial charge in [0.2, 0.25) is 0 Å². The number of carbonyl (C=O) groups excluding carboxylic acids is 2. The summed E-state index contributed by atoms with van der Waals surface area (Å²) >= 11 is 0. The summed E-state index contributed by atoms with van der Waals surface area (Å²) in [4.78, 5) is 26.3. The molecule has 0 radical (unpaired) electrons. The van der Waals surface area contributed by atoms with Crippen molar-refractivity contribution in [3.8, 4) is 5.75 Å². The van der Waals surface area contributed by atoms with Gasteiger partial charge >= 0.3 is 5.97 Å². The van der Waals surface area contributed by atoms with Crippen LogP contribution in [-0.2, 0) is 9.53 Å². The first-order chi connectivity index (χ1) is 11.5. The van der Waals surface area contributed by atoms with Crippen molar-refractivity contribution in [1.82, 2.24) is 0 Å². The third kappa shape index (κ3) is 3.89. The number of methoxy groups -OCH3 is 1. The minimum Gasteiger partial charge on any atom is -0.478 e. The average Bonchev–Trinajstić information content (AvgIpc) is 2.57. The molecular weight excluding hydrogens is 306 g/mol. The number of nitrogens with zero attached hydrogens (tertiary/aromatic N) is 1. The SMILES string of the molecule is CCCCCCC1Oc2cc(C(=O)OC)ccc2N(C(C)C)C1=O. The van der Waals surface area contributed by atoms with E-state index < -0.39 is 12.1 Å². The first kappa shape index (κ1) is 18.3. The highest BCUT2D eigenvalue weighted by molar-refractivity contribution is 6.01. The van der Waals surface area contributed by atoms with Gasteiger partial charge in [-0.15, -0.1) is 0 Å². The lowest BCUT2D eigenvalue weighted by Gasteiger charge is -2.37. The Morgan fingerprint density at radius 3 is 2.67 bits per heavy atom. The monoisotopic (exact) mass is 333 g/mol. The minimum atomic E-state index is -0.482. The van der Waals surface area contributed by atoms with Crippen molar-refractivity contribution in [3.63, 3.8) is 0 Å². The van der Waals surface area contributed by atoms with E-state index in [1.807, 2.05) is 13.8 Å². The standard InChI is InChI=1S/C19H27NO4/c1-5-6-7-8-9-16-18(21)20(13(2)3)15-11-10-14(19(22)23-4)12-17(15)24-16/h10-13,16H,5-9H2,1-4H3. The first-order valence-corrected chi connectivity index (χ1v) is 8.71. The van der Waals surface area contributed by atoms with Gasteiger partial charge in [0, 0.05) is 6.04 Å². The number of rotatable bonds is 7. The fraction of sp³-hybridized carbons (Fsp3) is 0.579. The molecule has 0 saturated carbocycles. The first-order valence-electron chi connectivity index (χ1n) is 8.71. The van der Waals surface area contributed by atoms with Crippen LogP contribution in [0.5, 0.6) is 5.75 Å². The smallest absolute Gasteiger partial charge is 0.337 e. The molecule has 1 unspecified atom stereocenters. The molecule has 0 spiro atoms. The number of carbonyl (C=O) groups is 2. The van der Waals surface area contributed by atoms with Crippen molar-refractivity contribution in [2.24, 2.45) is 0 Å². The molecular formula is C19H27NO4. The second-order valence-corrected chi connectivity index (χ2v) is 6.43. The Kier molecular flexibility index (Phi) is 6.23. The normalized spacial score (nSPS) is 16.8. The Bertz CT molecular complexity index is 597. The van der Waals surface area contributed by atoms with Crippen molar-refractivity contribution in [2.75, 3.05) is 12.0 Å². The van der Waals surface area contributed by atoms with Gasteiger partial charge < -0.3 is 14.4 Å². The quantitative estimate of drug-likeness (QED) is 0.560. The maximum atomic E-state index is 12.8. The van der Waals surface area contributed by atoms with Crippen LogP contribution >= 0.6 is 0 Å². The van der Waals surface area contributed by atoms with E-state index in [9.17, 15) is 9.59 Å². The van der Waals surface area contributed by atoms with Crippen LogP contribution in [0.2, 0.25) is 0 Å². The van der Waals surface area contributed by atoms with Crippen LogP contribution in [0, 0.1) is 0 Å². The van der Waals surface area contributed by atoms with Gasteiger partial charge in [0.15, 0.2) is 6.10 Å². The Morgan fingerprint density at radius 1 is 1.29 bits per heavy atom. The van der Waals surface area contributed by atoms with Crippen LogP contribution in [0.15, 0.2) is 18.2 Å².